The Morgan fingerprint density at radius 1 is 0.852 bits per heavy atom. The third kappa shape index (κ3) is 3.44. The Morgan fingerprint density at radius 3 is 2.41 bits per heavy atom. The molecule has 3 heteroatoms. The van der Waals surface area contributed by atoms with Crippen LogP contribution in [0.3, 0.4) is 0 Å². The minimum atomic E-state index is -0.0475. The van der Waals surface area contributed by atoms with E-state index in [0.29, 0.717) is 12.1 Å². The van der Waals surface area contributed by atoms with Gasteiger partial charge in [0.05, 0.1) is 17.6 Å². The van der Waals surface area contributed by atoms with Crippen LogP contribution in [-0.2, 0) is 6.54 Å². The summed E-state index contributed by atoms with van der Waals surface area (Å²) in [6.45, 7) is 2.58. The molecule has 0 saturated heterocycles. The molecule has 4 aromatic rings. The van der Waals surface area contributed by atoms with Crippen molar-refractivity contribution in [1.29, 1.82) is 0 Å². The van der Waals surface area contributed by atoms with Gasteiger partial charge in [-0.2, -0.15) is 0 Å². The number of anilines is 1. The number of fused-ring (bicyclic) bond motifs is 1. The first-order valence-electron chi connectivity index (χ1n) is 8.99. The van der Waals surface area contributed by atoms with Gasteiger partial charge in [0.25, 0.3) is 5.91 Å². The molecule has 1 amide bonds. The zero-order chi connectivity index (χ0) is 18.6. The Kier molecular flexibility index (Phi) is 4.67. The van der Waals surface area contributed by atoms with Gasteiger partial charge in [0.1, 0.15) is 0 Å². The average Bonchev–Trinajstić information content (AvgIpc) is 2.73. The van der Waals surface area contributed by atoms with E-state index in [1.807, 2.05) is 77.7 Å². The highest BCUT2D eigenvalue weighted by Gasteiger charge is 2.21. The molecule has 0 radical (unpaired) electrons. The Bertz CT molecular complexity index is 1080. The van der Waals surface area contributed by atoms with Crippen LogP contribution in [0.4, 0.5) is 5.69 Å². The highest BCUT2D eigenvalue weighted by molar-refractivity contribution is 6.13. The molecule has 27 heavy (non-hydrogen) atoms. The van der Waals surface area contributed by atoms with Crippen molar-refractivity contribution in [3.63, 3.8) is 0 Å². The zero-order valence-electron chi connectivity index (χ0n) is 15.2. The molecule has 0 N–H and O–H groups in total. The van der Waals surface area contributed by atoms with E-state index in [-0.39, 0.29) is 5.91 Å². The summed E-state index contributed by atoms with van der Waals surface area (Å²) >= 11 is 0. The van der Waals surface area contributed by atoms with Gasteiger partial charge in [0.2, 0.25) is 0 Å². The lowest BCUT2D eigenvalue weighted by atomic mass is 10.1. The molecule has 0 aliphatic heterocycles. The fourth-order valence-corrected chi connectivity index (χ4v) is 3.27. The minimum absolute atomic E-state index is 0.0475. The lowest BCUT2D eigenvalue weighted by Gasteiger charge is -2.24. The van der Waals surface area contributed by atoms with Gasteiger partial charge in [-0.3, -0.25) is 9.78 Å². The van der Waals surface area contributed by atoms with Gasteiger partial charge >= 0.3 is 0 Å². The third-order valence-corrected chi connectivity index (χ3v) is 4.77. The molecule has 0 atom stereocenters. The molecule has 3 aromatic carbocycles. The van der Waals surface area contributed by atoms with Crippen LogP contribution in [0, 0.1) is 6.92 Å². The largest absolute Gasteiger partial charge is 0.304 e. The van der Waals surface area contributed by atoms with E-state index in [0.717, 1.165) is 22.2 Å². The lowest BCUT2D eigenvalue weighted by molar-refractivity contribution is 0.0986. The molecule has 0 saturated carbocycles. The van der Waals surface area contributed by atoms with Crippen LogP contribution in [0.5, 0.6) is 0 Å². The van der Waals surface area contributed by atoms with Crippen molar-refractivity contribution in [2.75, 3.05) is 4.90 Å². The summed E-state index contributed by atoms with van der Waals surface area (Å²) in [5.74, 6) is -0.0475. The molecule has 0 spiro atoms. The van der Waals surface area contributed by atoms with Crippen LogP contribution in [-0.4, -0.2) is 10.9 Å². The number of para-hydroxylation sites is 2. The first-order valence-corrected chi connectivity index (χ1v) is 8.99. The standard InChI is InChI=1S/C24H20N2O/c1-18-9-5-6-10-20(18)17-26(21-13-3-2-4-14-21)24(27)22-15-7-11-19-12-8-16-25-23(19)22/h2-16H,17H2,1H3. The second kappa shape index (κ2) is 7.42. The van der Waals surface area contributed by atoms with Crippen LogP contribution in [0.15, 0.2) is 91.1 Å². The molecule has 0 aliphatic rings. The van der Waals surface area contributed by atoms with Crippen molar-refractivity contribution in [2.45, 2.75) is 13.5 Å². The van der Waals surface area contributed by atoms with Gasteiger partial charge in [-0.1, -0.05) is 60.7 Å². The van der Waals surface area contributed by atoms with Crippen molar-refractivity contribution in [1.82, 2.24) is 4.98 Å². The highest BCUT2D eigenvalue weighted by atomic mass is 16.2. The number of aromatic nitrogens is 1. The number of hydrogen-bond acceptors (Lipinski definition) is 2. The van der Waals surface area contributed by atoms with Crippen molar-refractivity contribution < 1.29 is 4.79 Å². The van der Waals surface area contributed by atoms with Gasteiger partial charge < -0.3 is 4.90 Å². The number of carbonyl (C=O) groups is 1. The minimum Gasteiger partial charge on any atom is -0.304 e. The van der Waals surface area contributed by atoms with Crippen LogP contribution in [0.25, 0.3) is 10.9 Å². The van der Waals surface area contributed by atoms with Crippen LogP contribution >= 0.6 is 0 Å². The molecule has 4 rings (SSSR count). The summed E-state index contributed by atoms with van der Waals surface area (Å²) in [7, 11) is 0. The fraction of sp³-hybridized carbons (Fsp3) is 0.0833. The van der Waals surface area contributed by atoms with Gasteiger partial charge in [0, 0.05) is 17.3 Å². The van der Waals surface area contributed by atoms with Crippen LogP contribution in [0.1, 0.15) is 21.5 Å². The summed E-state index contributed by atoms with van der Waals surface area (Å²) in [5, 5.41) is 0.965. The number of rotatable bonds is 4. The maximum atomic E-state index is 13.6. The number of benzene rings is 3. The quantitative estimate of drug-likeness (QED) is 0.493. The van der Waals surface area contributed by atoms with E-state index in [9.17, 15) is 4.79 Å². The van der Waals surface area contributed by atoms with E-state index < -0.39 is 0 Å². The lowest BCUT2D eigenvalue weighted by Crippen LogP contribution is -2.31. The normalized spacial score (nSPS) is 10.7. The van der Waals surface area contributed by atoms with Crippen molar-refractivity contribution in [3.05, 3.63) is 108 Å². The number of nitrogens with zero attached hydrogens (tertiary/aromatic N) is 2. The number of aryl methyl sites for hydroxylation is 1. The maximum Gasteiger partial charge on any atom is 0.260 e. The van der Waals surface area contributed by atoms with E-state index >= 15 is 0 Å². The first-order chi connectivity index (χ1) is 13.2. The van der Waals surface area contributed by atoms with E-state index in [1.165, 1.54) is 5.56 Å². The fourth-order valence-electron chi connectivity index (χ4n) is 3.27. The molecule has 3 nitrogen and oxygen atoms in total. The van der Waals surface area contributed by atoms with Crippen molar-refractivity contribution in [3.8, 4) is 0 Å². The Hall–Kier alpha value is -3.46. The zero-order valence-corrected chi connectivity index (χ0v) is 15.2. The topological polar surface area (TPSA) is 33.2 Å². The predicted octanol–water partition coefficient (Wildman–Crippen LogP) is 5.39. The molecule has 0 unspecified atom stereocenters. The highest BCUT2D eigenvalue weighted by Crippen LogP contribution is 2.24. The molecule has 0 bridgehead atoms. The van der Waals surface area contributed by atoms with E-state index in [1.54, 1.807) is 6.20 Å². The monoisotopic (exact) mass is 352 g/mol. The van der Waals surface area contributed by atoms with Crippen LogP contribution in [0.2, 0.25) is 0 Å². The average molecular weight is 352 g/mol. The molecule has 1 aromatic heterocycles. The smallest absolute Gasteiger partial charge is 0.260 e. The van der Waals surface area contributed by atoms with Gasteiger partial charge in [-0.15, -0.1) is 0 Å². The maximum absolute atomic E-state index is 13.6. The summed E-state index contributed by atoms with van der Waals surface area (Å²) in [5.41, 5.74) is 4.52. The van der Waals surface area contributed by atoms with Crippen molar-refractivity contribution in [2.24, 2.45) is 0 Å². The van der Waals surface area contributed by atoms with E-state index in [2.05, 4.69) is 24.0 Å². The molecule has 0 fully saturated rings. The number of amides is 1. The summed E-state index contributed by atoms with van der Waals surface area (Å²) in [6.07, 6.45) is 1.73. The third-order valence-electron chi connectivity index (χ3n) is 4.77. The SMILES string of the molecule is Cc1ccccc1CN(C(=O)c1cccc2cccnc12)c1ccccc1. The molecular formula is C24H20N2O. The summed E-state index contributed by atoms with van der Waals surface area (Å²) in [4.78, 5) is 19.8. The summed E-state index contributed by atoms with van der Waals surface area (Å²) < 4.78 is 0. The second-order valence-corrected chi connectivity index (χ2v) is 6.53. The van der Waals surface area contributed by atoms with Gasteiger partial charge in [-0.25, -0.2) is 0 Å². The second-order valence-electron chi connectivity index (χ2n) is 6.53. The first kappa shape index (κ1) is 17.0. The van der Waals surface area contributed by atoms with Gasteiger partial charge in [-0.05, 0) is 42.3 Å². The van der Waals surface area contributed by atoms with E-state index in [4.69, 9.17) is 0 Å². The number of carbonyl (C=O) groups excluding carboxylic acids is 1. The van der Waals surface area contributed by atoms with Crippen LogP contribution < -0.4 is 4.90 Å². The summed E-state index contributed by atoms with van der Waals surface area (Å²) in [6, 6.07) is 27.6. The number of hydrogen-bond donors (Lipinski definition) is 0. The van der Waals surface area contributed by atoms with Gasteiger partial charge in [0.15, 0.2) is 0 Å². The number of pyridine rings is 1. The predicted molar refractivity (Wildman–Crippen MR) is 110 cm³/mol. The molecule has 132 valence electrons. The Labute approximate surface area is 158 Å². The van der Waals surface area contributed by atoms with Crippen molar-refractivity contribution >= 4 is 22.5 Å². The Morgan fingerprint density at radius 2 is 1.59 bits per heavy atom. The molecular weight excluding hydrogens is 332 g/mol. The Balaban J connectivity index is 1.80. The molecule has 0 aliphatic carbocycles. The molecule has 1 heterocycles.